The van der Waals surface area contributed by atoms with E-state index in [1.807, 2.05) is 0 Å². The van der Waals surface area contributed by atoms with Crippen LogP contribution in [0.2, 0.25) is 0 Å². The molecule has 2 nitrogen and oxygen atoms in total. The lowest BCUT2D eigenvalue weighted by molar-refractivity contribution is 0.394. The number of hydrogen-bond acceptors (Lipinski definition) is 2. The fourth-order valence-electron chi connectivity index (χ4n) is 3.96. The molecular weight excluding hydrogens is 296 g/mol. The first-order chi connectivity index (χ1) is 11.7. The molecule has 0 aliphatic heterocycles. The molecule has 0 amide bonds. The smallest absolute Gasteiger partial charge is 0.122 e. The Bertz CT molecular complexity index is 705. The second-order valence-corrected chi connectivity index (χ2v) is 6.89. The first kappa shape index (κ1) is 16.9. The molecule has 2 bridgehead atoms. The van der Waals surface area contributed by atoms with Gasteiger partial charge in [-0.3, -0.25) is 0 Å². The van der Waals surface area contributed by atoms with E-state index in [1.54, 1.807) is 14.2 Å². The zero-order valence-electron chi connectivity index (χ0n) is 15.3. The molecule has 128 valence electrons. The van der Waals surface area contributed by atoms with E-state index in [4.69, 9.17) is 9.47 Å². The van der Waals surface area contributed by atoms with E-state index in [0.29, 0.717) is 11.8 Å². The summed E-state index contributed by atoms with van der Waals surface area (Å²) in [4.78, 5) is 0. The lowest BCUT2D eigenvalue weighted by atomic mass is 9.80. The van der Waals surface area contributed by atoms with Gasteiger partial charge in [0.15, 0.2) is 0 Å². The van der Waals surface area contributed by atoms with Crippen LogP contribution in [0.1, 0.15) is 60.8 Å². The highest BCUT2D eigenvalue weighted by molar-refractivity contribution is 5.47. The highest BCUT2D eigenvalue weighted by Gasteiger charge is 2.25. The molecule has 0 saturated heterocycles. The van der Waals surface area contributed by atoms with Gasteiger partial charge in [0.25, 0.3) is 0 Å². The van der Waals surface area contributed by atoms with Gasteiger partial charge in [-0.05, 0) is 66.3 Å². The monoisotopic (exact) mass is 324 g/mol. The first-order valence-electron chi connectivity index (χ1n) is 8.98. The predicted octanol–water partition coefficient (Wildman–Crippen LogP) is 5.49. The van der Waals surface area contributed by atoms with Crippen molar-refractivity contribution in [2.45, 2.75) is 51.4 Å². The average Bonchev–Trinajstić information content (AvgIpc) is 2.64. The molecule has 0 heterocycles. The van der Waals surface area contributed by atoms with E-state index < -0.39 is 0 Å². The third-order valence-electron chi connectivity index (χ3n) is 5.53. The topological polar surface area (TPSA) is 18.5 Å². The van der Waals surface area contributed by atoms with Crippen molar-refractivity contribution in [2.24, 2.45) is 0 Å². The number of aryl methyl sites for hydroxylation is 2. The molecule has 2 aromatic carbocycles. The molecular formula is C22H28O2. The molecule has 2 atom stereocenters. The number of methoxy groups -OCH3 is 2. The number of benzene rings is 2. The Hall–Kier alpha value is -1.96. The van der Waals surface area contributed by atoms with Gasteiger partial charge in [0.2, 0.25) is 0 Å². The molecule has 0 saturated carbocycles. The van der Waals surface area contributed by atoms with Gasteiger partial charge < -0.3 is 9.47 Å². The predicted molar refractivity (Wildman–Crippen MR) is 99.5 cm³/mol. The quantitative estimate of drug-likeness (QED) is 0.727. The van der Waals surface area contributed by atoms with E-state index >= 15 is 0 Å². The number of rotatable bonds is 2. The maximum atomic E-state index is 5.71. The molecule has 0 N–H and O–H groups in total. The van der Waals surface area contributed by atoms with E-state index in [-0.39, 0.29) is 0 Å². The van der Waals surface area contributed by atoms with Crippen LogP contribution in [0, 0.1) is 0 Å². The fraction of sp³-hybridized carbons (Fsp3) is 0.455. The fourth-order valence-corrected chi connectivity index (χ4v) is 3.96. The van der Waals surface area contributed by atoms with Crippen LogP contribution in [-0.2, 0) is 12.8 Å². The van der Waals surface area contributed by atoms with Crippen LogP contribution < -0.4 is 9.47 Å². The van der Waals surface area contributed by atoms with Crippen molar-refractivity contribution in [2.75, 3.05) is 14.2 Å². The van der Waals surface area contributed by atoms with E-state index in [0.717, 1.165) is 24.3 Å². The first-order valence-corrected chi connectivity index (χ1v) is 8.98. The lowest BCUT2D eigenvalue weighted by Gasteiger charge is -2.26. The molecule has 2 heteroatoms. The Morgan fingerprint density at radius 1 is 0.833 bits per heavy atom. The van der Waals surface area contributed by atoms with Crippen molar-refractivity contribution >= 4 is 0 Å². The van der Waals surface area contributed by atoms with Gasteiger partial charge in [0.1, 0.15) is 11.5 Å². The maximum Gasteiger partial charge on any atom is 0.122 e. The second-order valence-electron chi connectivity index (χ2n) is 6.89. The summed E-state index contributed by atoms with van der Waals surface area (Å²) in [6, 6.07) is 13.2. The van der Waals surface area contributed by atoms with Crippen LogP contribution in [0.4, 0.5) is 0 Å². The Kier molecular flexibility index (Phi) is 5.13. The Morgan fingerprint density at radius 2 is 1.58 bits per heavy atom. The number of hydrogen-bond donors (Lipinski definition) is 0. The maximum absolute atomic E-state index is 5.71. The zero-order chi connectivity index (χ0) is 17.1. The Labute approximate surface area is 145 Å². The Morgan fingerprint density at radius 3 is 2.33 bits per heavy atom. The summed E-state index contributed by atoms with van der Waals surface area (Å²) >= 11 is 0. The van der Waals surface area contributed by atoms with Crippen LogP contribution in [-0.4, -0.2) is 14.2 Å². The SMILES string of the molecule is COc1ccc2cc1C(C)C(C)c1c(cccc1OC)CCCC2. The molecule has 1 aliphatic rings. The summed E-state index contributed by atoms with van der Waals surface area (Å²) in [5.41, 5.74) is 5.52. The lowest BCUT2D eigenvalue weighted by Crippen LogP contribution is -2.10. The third kappa shape index (κ3) is 3.15. The standard InChI is InChI=1S/C22H28O2/c1-15-16(2)22-18(10-7-11-21(22)24-4)9-6-5-8-17-12-13-20(23-3)19(15)14-17/h7,10-16H,5-6,8-9H2,1-4H3. The van der Waals surface area contributed by atoms with Gasteiger partial charge in [0, 0.05) is 5.56 Å². The van der Waals surface area contributed by atoms with Crippen molar-refractivity contribution < 1.29 is 9.47 Å². The van der Waals surface area contributed by atoms with Gasteiger partial charge in [-0.2, -0.15) is 0 Å². The normalized spacial score (nSPS) is 20.7. The largest absolute Gasteiger partial charge is 0.496 e. The van der Waals surface area contributed by atoms with Gasteiger partial charge in [-0.15, -0.1) is 0 Å². The van der Waals surface area contributed by atoms with Crippen LogP contribution in [0.25, 0.3) is 0 Å². The van der Waals surface area contributed by atoms with Gasteiger partial charge in [-0.1, -0.05) is 38.1 Å². The summed E-state index contributed by atoms with van der Waals surface area (Å²) in [7, 11) is 3.54. The second kappa shape index (κ2) is 7.29. The number of fused-ring (bicyclic) bond motifs is 3. The Balaban J connectivity index is 2.13. The molecule has 3 rings (SSSR count). The minimum atomic E-state index is 0.369. The summed E-state index contributed by atoms with van der Waals surface area (Å²) < 4.78 is 11.4. The molecule has 2 unspecified atom stereocenters. The van der Waals surface area contributed by atoms with Gasteiger partial charge in [-0.25, -0.2) is 0 Å². The molecule has 24 heavy (non-hydrogen) atoms. The minimum Gasteiger partial charge on any atom is -0.496 e. The van der Waals surface area contributed by atoms with Gasteiger partial charge in [0.05, 0.1) is 14.2 Å². The van der Waals surface area contributed by atoms with Crippen molar-refractivity contribution in [3.05, 3.63) is 58.7 Å². The average molecular weight is 324 g/mol. The summed E-state index contributed by atoms with van der Waals surface area (Å²) in [5, 5.41) is 0. The summed E-state index contributed by atoms with van der Waals surface area (Å²) in [6.07, 6.45) is 4.68. The molecule has 1 aliphatic carbocycles. The van der Waals surface area contributed by atoms with Crippen molar-refractivity contribution in [1.82, 2.24) is 0 Å². The summed E-state index contributed by atoms with van der Waals surface area (Å²) in [5.74, 6) is 2.75. The van der Waals surface area contributed by atoms with E-state index in [1.165, 1.54) is 35.1 Å². The zero-order valence-corrected chi connectivity index (χ0v) is 15.3. The highest BCUT2D eigenvalue weighted by Crippen LogP contribution is 2.42. The van der Waals surface area contributed by atoms with Gasteiger partial charge >= 0.3 is 0 Å². The highest BCUT2D eigenvalue weighted by atomic mass is 16.5. The van der Waals surface area contributed by atoms with Crippen LogP contribution >= 0.6 is 0 Å². The van der Waals surface area contributed by atoms with Crippen molar-refractivity contribution in [3.63, 3.8) is 0 Å². The molecule has 0 spiro atoms. The molecule has 0 radical (unpaired) electrons. The van der Waals surface area contributed by atoms with Crippen LogP contribution in [0.15, 0.2) is 36.4 Å². The minimum absolute atomic E-state index is 0.369. The molecule has 0 aromatic heterocycles. The van der Waals surface area contributed by atoms with Crippen molar-refractivity contribution in [1.29, 1.82) is 0 Å². The van der Waals surface area contributed by atoms with Crippen LogP contribution in [0.3, 0.4) is 0 Å². The van der Waals surface area contributed by atoms with E-state index in [2.05, 4.69) is 50.2 Å². The number of ether oxygens (including phenoxy) is 2. The third-order valence-corrected chi connectivity index (χ3v) is 5.53. The molecule has 2 aromatic rings. The molecule has 0 fully saturated rings. The van der Waals surface area contributed by atoms with Crippen molar-refractivity contribution in [3.8, 4) is 11.5 Å². The summed E-state index contributed by atoms with van der Waals surface area (Å²) in [6.45, 7) is 4.62. The van der Waals surface area contributed by atoms with Crippen LogP contribution in [0.5, 0.6) is 11.5 Å². The van der Waals surface area contributed by atoms with E-state index in [9.17, 15) is 0 Å².